The van der Waals surface area contributed by atoms with Crippen molar-refractivity contribution < 1.29 is 9.53 Å². The molecule has 1 aliphatic heterocycles. The molecule has 3 heteroatoms. The molecule has 84 valence electrons. The van der Waals surface area contributed by atoms with Crippen LogP contribution in [-0.4, -0.2) is 20.0 Å². The second kappa shape index (κ2) is 3.78. The van der Waals surface area contributed by atoms with Crippen LogP contribution in [0.1, 0.15) is 25.7 Å². The minimum Gasteiger partial charge on any atom is -0.494 e. The van der Waals surface area contributed by atoms with E-state index in [4.69, 9.17) is 4.74 Å². The third-order valence-electron chi connectivity index (χ3n) is 3.06. The van der Waals surface area contributed by atoms with Crippen LogP contribution in [0.25, 0.3) is 0 Å². The van der Waals surface area contributed by atoms with Gasteiger partial charge in [-0.1, -0.05) is 19.6 Å². The van der Waals surface area contributed by atoms with Crippen LogP contribution in [0.2, 0.25) is 25.7 Å². The monoisotopic (exact) mass is 224 g/mol. The van der Waals surface area contributed by atoms with Crippen molar-refractivity contribution >= 4 is 13.9 Å². The van der Waals surface area contributed by atoms with E-state index in [0.29, 0.717) is 11.9 Å². The van der Waals surface area contributed by atoms with Crippen LogP contribution in [0.15, 0.2) is 11.3 Å². The molecule has 0 aromatic heterocycles. The van der Waals surface area contributed by atoms with E-state index < -0.39 is 8.07 Å². The second-order valence-corrected chi connectivity index (χ2v) is 11.4. The highest BCUT2D eigenvalue weighted by molar-refractivity contribution is 6.76. The highest BCUT2D eigenvalue weighted by Gasteiger charge is 2.34. The maximum atomic E-state index is 11.7. The standard InChI is InChI=1S/C12H20O2Si/c1-15(2,3)8-9-7-10-11(13)5-4-6-12(10)14-9/h9H,4-8H2,1-3H3. The van der Waals surface area contributed by atoms with E-state index in [0.717, 1.165) is 37.0 Å². The molecule has 1 heterocycles. The Morgan fingerprint density at radius 1 is 1.33 bits per heavy atom. The maximum Gasteiger partial charge on any atom is 0.162 e. The molecule has 2 rings (SSSR count). The van der Waals surface area contributed by atoms with Gasteiger partial charge in [0.15, 0.2) is 5.78 Å². The lowest BCUT2D eigenvalue weighted by Gasteiger charge is -2.21. The van der Waals surface area contributed by atoms with E-state index in [2.05, 4.69) is 19.6 Å². The fraction of sp³-hybridized carbons (Fsp3) is 0.750. The fourth-order valence-corrected chi connectivity index (χ4v) is 4.09. The number of rotatable bonds is 2. The number of Topliss-reactive ketones (excluding diaryl/α,β-unsaturated/α-hetero) is 1. The molecule has 0 bridgehead atoms. The number of hydrogen-bond donors (Lipinski definition) is 0. The van der Waals surface area contributed by atoms with Gasteiger partial charge in [0, 0.05) is 32.9 Å². The summed E-state index contributed by atoms with van der Waals surface area (Å²) in [4.78, 5) is 11.7. The van der Waals surface area contributed by atoms with Gasteiger partial charge in [-0.15, -0.1) is 0 Å². The molecule has 0 N–H and O–H groups in total. The smallest absolute Gasteiger partial charge is 0.162 e. The molecule has 1 unspecified atom stereocenters. The van der Waals surface area contributed by atoms with Gasteiger partial charge in [-0.2, -0.15) is 0 Å². The quantitative estimate of drug-likeness (QED) is 0.674. The first-order chi connectivity index (χ1) is 6.96. The highest BCUT2D eigenvalue weighted by atomic mass is 28.3. The molecule has 1 aliphatic carbocycles. The third-order valence-corrected chi connectivity index (χ3v) is 4.74. The van der Waals surface area contributed by atoms with Crippen molar-refractivity contribution in [2.75, 3.05) is 0 Å². The Kier molecular flexibility index (Phi) is 2.75. The Bertz CT molecular complexity index is 312. The maximum absolute atomic E-state index is 11.7. The van der Waals surface area contributed by atoms with Gasteiger partial charge in [0.25, 0.3) is 0 Å². The van der Waals surface area contributed by atoms with Gasteiger partial charge in [0.1, 0.15) is 11.9 Å². The summed E-state index contributed by atoms with van der Waals surface area (Å²) in [6.45, 7) is 7.07. The predicted octanol–water partition coefficient (Wildman–Crippen LogP) is 3.12. The van der Waals surface area contributed by atoms with Crippen molar-refractivity contribution in [1.29, 1.82) is 0 Å². The molecule has 0 amide bonds. The summed E-state index contributed by atoms with van der Waals surface area (Å²) in [6, 6.07) is 1.17. The summed E-state index contributed by atoms with van der Waals surface area (Å²) in [5, 5.41) is 0. The summed E-state index contributed by atoms with van der Waals surface area (Å²) in [6.07, 6.45) is 3.91. The molecule has 0 spiro atoms. The largest absolute Gasteiger partial charge is 0.494 e. The first-order valence-electron chi connectivity index (χ1n) is 5.87. The van der Waals surface area contributed by atoms with E-state index in [-0.39, 0.29) is 0 Å². The molecule has 0 fully saturated rings. The topological polar surface area (TPSA) is 26.3 Å². The molecule has 0 aromatic rings. The van der Waals surface area contributed by atoms with E-state index in [1.807, 2.05) is 0 Å². The number of carbonyl (C=O) groups is 1. The van der Waals surface area contributed by atoms with Crippen molar-refractivity contribution in [3.05, 3.63) is 11.3 Å². The van der Waals surface area contributed by atoms with Crippen molar-refractivity contribution in [3.63, 3.8) is 0 Å². The number of allylic oxidation sites excluding steroid dienone is 1. The fourth-order valence-electron chi connectivity index (χ4n) is 2.49. The first-order valence-corrected chi connectivity index (χ1v) is 9.58. The summed E-state index contributed by atoms with van der Waals surface area (Å²) in [5.41, 5.74) is 1.02. The molecule has 0 saturated heterocycles. The van der Waals surface area contributed by atoms with E-state index >= 15 is 0 Å². The van der Waals surface area contributed by atoms with Gasteiger partial charge in [-0.05, 0) is 12.5 Å². The van der Waals surface area contributed by atoms with Gasteiger partial charge in [-0.3, -0.25) is 4.79 Å². The molecule has 0 radical (unpaired) electrons. The average molecular weight is 224 g/mol. The van der Waals surface area contributed by atoms with Crippen molar-refractivity contribution in [1.82, 2.24) is 0 Å². The summed E-state index contributed by atoms with van der Waals surface area (Å²) in [5.74, 6) is 1.36. The number of ketones is 1. The molecule has 2 aliphatic rings. The third kappa shape index (κ3) is 2.51. The number of ether oxygens (including phenoxy) is 1. The lowest BCUT2D eigenvalue weighted by atomic mass is 9.95. The van der Waals surface area contributed by atoms with E-state index in [9.17, 15) is 4.79 Å². The van der Waals surface area contributed by atoms with Crippen LogP contribution in [0.3, 0.4) is 0 Å². The SMILES string of the molecule is C[Si](C)(C)CC1CC2=C(CCCC2=O)O1. The molecule has 15 heavy (non-hydrogen) atoms. The minimum absolute atomic E-state index is 0.309. The van der Waals surface area contributed by atoms with Gasteiger partial charge in [0.05, 0.1) is 0 Å². The summed E-state index contributed by atoms with van der Waals surface area (Å²) < 4.78 is 5.91. The zero-order valence-corrected chi connectivity index (χ0v) is 10.9. The molecule has 1 atom stereocenters. The summed E-state index contributed by atoms with van der Waals surface area (Å²) >= 11 is 0. The lowest BCUT2D eigenvalue weighted by Crippen LogP contribution is -2.26. The molecule has 0 saturated carbocycles. The zero-order chi connectivity index (χ0) is 11.1. The minimum atomic E-state index is -1.07. The highest BCUT2D eigenvalue weighted by Crippen LogP contribution is 2.36. The molecule has 2 nitrogen and oxygen atoms in total. The van der Waals surface area contributed by atoms with Crippen molar-refractivity contribution in [2.45, 2.75) is 57.5 Å². The Morgan fingerprint density at radius 2 is 2.07 bits per heavy atom. The van der Waals surface area contributed by atoms with Crippen molar-refractivity contribution in [2.24, 2.45) is 0 Å². The Morgan fingerprint density at radius 3 is 2.67 bits per heavy atom. The normalized spacial score (nSPS) is 26.6. The van der Waals surface area contributed by atoms with Crippen molar-refractivity contribution in [3.8, 4) is 0 Å². The van der Waals surface area contributed by atoms with Gasteiger partial charge in [-0.25, -0.2) is 0 Å². The van der Waals surface area contributed by atoms with Crippen LogP contribution < -0.4 is 0 Å². The van der Waals surface area contributed by atoms with Crippen LogP contribution in [0.5, 0.6) is 0 Å². The average Bonchev–Trinajstić information content (AvgIpc) is 2.45. The van der Waals surface area contributed by atoms with Crippen LogP contribution in [0.4, 0.5) is 0 Å². The second-order valence-electron chi connectivity index (χ2n) is 5.89. The predicted molar refractivity (Wildman–Crippen MR) is 63.5 cm³/mol. The zero-order valence-electron chi connectivity index (χ0n) is 9.93. The van der Waals surface area contributed by atoms with E-state index in [1.165, 1.54) is 6.04 Å². The van der Waals surface area contributed by atoms with Gasteiger partial charge >= 0.3 is 0 Å². The van der Waals surface area contributed by atoms with Crippen LogP contribution in [0, 0.1) is 0 Å². The molecular weight excluding hydrogens is 204 g/mol. The first kappa shape index (κ1) is 10.9. The summed E-state index contributed by atoms with van der Waals surface area (Å²) in [7, 11) is -1.07. The van der Waals surface area contributed by atoms with Gasteiger partial charge < -0.3 is 4.74 Å². The molecular formula is C12H20O2Si. The van der Waals surface area contributed by atoms with Gasteiger partial charge in [0.2, 0.25) is 0 Å². The Balaban J connectivity index is 2.01. The number of hydrogen-bond acceptors (Lipinski definition) is 2. The number of carbonyl (C=O) groups excluding carboxylic acids is 1. The van der Waals surface area contributed by atoms with Crippen LogP contribution in [-0.2, 0) is 9.53 Å². The Hall–Kier alpha value is -0.573. The molecule has 0 aromatic carbocycles. The van der Waals surface area contributed by atoms with Crippen LogP contribution >= 0.6 is 0 Å². The lowest BCUT2D eigenvalue weighted by molar-refractivity contribution is -0.116. The van der Waals surface area contributed by atoms with E-state index in [1.54, 1.807) is 0 Å². The Labute approximate surface area is 92.7 Å².